The Morgan fingerprint density at radius 3 is 1.70 bits per heavy atom. The highest BCUT2D eigenvalue weighted by Gasteiger charge is 2.40. The van der Waals surface area contributed by atoms with Gasteiger partial charge in [0.1, 0.15) is 5.54 Å². The first-order valence-electron chi connectivity index (χ1n) is 10.3. The highest BCUT2D eigenvalue weighted by molar-refractivity contribution is 6.01. The summed E-state index contributed by atoms with van der Waals surface area (Å²) < 4.78 is 2.06. The molecule has 0 bridgehead atoms. The van der Waals surface area contributed by atoms with E-state index in [1.807, 2.05) is 18.2 Å². The van der Waals surface area contributed by atoms with E-state index in [1.54, 1.807) is 0 Å². The van der Waals surface area contributed by atoms with E-state index in [9.17, 15) is 5.21 Å². The van der Waals surface area contributed by atoms with E-state index >= 15 is 0 Å². The summed E-state index contributed by atoms with van der Waals surface area (Å²) in [5.74, 6) is 0. The molecular formula is C26H23N3O. The van der Waals surface area contributed by atoms with Crippen molar-refractivity contribution in [3.8, 4) is 0 Å². The van der Waals surface area contributed by atoms with E-state index in [0.29, 0.717) is 5.71 Å². The number of hydrogen-bond donors (Lipinski definition) is 1. The van der Waals surface area contributed by atoms with Crippen LogP contribution < -0.4 is 0 Å². The molecule has 1 N–H and O–H groups in total. The molecule has 5 rings (SSSR count). The molecule has 4 aromatic rings. The number of fused-ring (bicyclic) bond motifs is 1. The van der Waals surface area contributed by atoms with Gasteiger partial charge >= 0.3 is 0 Å². The smallest absolute Gasteiger partial charge is 0.138 e. The molecule has 1 aromatic heterocycles. The second-order valence-corrected chi connectivity index (χ2v) is 7.64. The van der Waals surface area contributed by atoms with Crippen LogP contribution in [0.3, 0.4) is 0 Å². The summed E-state index contributed by atoms with van der Waals surface area (Å²) in [6, 6.07) is 31.5. The van der Waals surface area contributed by atoms with Crippen LogP contribution in [0.25, 0.3) is 0 Å². The fraction of sp³-hybridized carbons (Fsp3) is 0.154. The van der Waals surface area contributed by atoms with Gasteiger partial charge in [-0.15, -0.1) is 0 Å². The summed E-state index contributed by atoms with van der Waals surface area (Å²) in [7, 11) is 0. The van der Waals surface area contributed by atoms with Crippen molar-refractivity contribution < 1.29 is 5.21 Å². The molecule has 30 heavy (non-hydrogen) atoms. The fourth-order valence-corrected chi connectivity index (χ4v) is 4.60. The van der Waals surface area contributed by atoms with E-state index in [-0.39, 0.29) is 0 Å². The zero-order valence-corrected chi connectivity index (χ0v) is 16.6. The van der Waals surface area contributed by atoms with Crippen LogP contribution >= 0.6 is 0 Å². The monoisotopic (exact) mass is 393 g/mol. The molecular weight excluding hydrogens is 370 g/mol. The number of oxime groups is 1. The number of aromatic nitrogens is 2. The van der Waals surface area contributed by atoms with Gasteiger partial charge in [0.05, 0.1) is 11.4 Å². The molecule has 1 aliphatic carbocycles. The predicted molar refractivity (Wildman–Crippen MR) is 118 cm³/mol. The molecule has 1 aliphatic rings. The number of aryl methyl sites for hydroxylation is 1. The van der Waals surface area contributed by atoms with Crippen LogP contribution in [-0.2, 0) is 12.0 Å². The maximum atomic E-state index is 9.55. The van der Waals surface area contributed by atoms with Crippen molar-refractivity contribution >= 4 is 5.71 Å². The lowest BCUT2D eigenvalue weighted by Gasteiger charge is -2.36. The quantitative estimate of drug-likeness (QED) is 0.293. The van der Waals surface area contributed by atoms with Gasteiger partial charge in [-0.2, -0.15) is 5.10 Å². The summed E-state index contributed by atoms with van der Waals surface area (Å²) in [5, 5.41) is 18.2. The minimum atomic E-state index is -0.637. The van der Waals surface area contributed by atoms with Crippen LogP contribution in [0.1, 0.15) is 40.8 Å². The number of benzene rings is 3. The van der Waals surface area contributed by atoms with Crippen molar-refractivity contribution in [2.24, 2.45) is 5.16 Å². The van der Waals surface area contributed by atoms with E-state index in [4.69, 9.17) is 5.10 Å². The van der Waals surface area contributed by atoms with Gasteiger partial charge in [-0.05, 0) is 36.0 Å². The van der Waals surface area contributed by atoms with Gasteiger partial charge in [0.2, 0.25) is 0 Å². The summed E-state index contributed by atoms with van der Waals surface area (Å²) in [6.07, 6.45) is 4.65. The van der Waals surface area contributed by atoms with Gasteiger partial charge in [0.25, 0.3) is 0 Å². The summed E-state index contributed by atoms with van der Waals surface area (Å²) in [5.41, 5.74) is 5.39. The Bertz CT molecular complexity index is 1070. The molecule has 0 atom stereocenters. The summed E-state index contributed by atoms with van der Waals surface area (Å²) in [6.45, 7) is 0. The van der Waals surface area contributed by atoms with E-state index < -0.39 is 5.54 Å². The molecule has 0 fully saturated rings. The molecule has 0 amide bonds. The Balaban J connectivity index is 1.87. The number of nitrogens with zero attached hydrogens (tertiary/aromatic N) is 3. The Morgan fingerprint density at radius 2 is 1.23 bits per heavy atom. The zero-order chi connectivity index (χ0) is 20.4. The van der Waals surface area contributed by atoms with Crippen LogP contribution in [0.15, 0.2) is 102 Å². The van der Waals surface area contributed by atoms with Gasteiger partial charge in [0.15, 0.2) is 0 Å². The minimum Gasteiger partial charge on any atom is -0.411 e. The first kappa shape index (κ1) is 18.4. The lowest BCUT2D eigenvalue weighted by Crippen LogP contribution is -2.38. The second-order valence-electron chi connectivity index (χ2n) is 7.64. The first-order chi connectivity index (χ1) is 14.8. The van der Waals surface area contributed by atoms with Crippen LogP contribution in [0.4, 0.5) is 0 Å². The lowest BCUT2D eigenvalue weighted by molar-refractivity contribution is 0.317. The first-order valence-corrected chi connectivity index (χ1v) is 10.3. The third kappa shape index (κ3) is 2.84. The second kappa shape index (κ2) is 7.64. The number of hydrogen-bond acceptors (Lipinski definition) is 3. The largest absolute Gasteiger partial charge is 0.411 e. The van der Waals surface area contributed by atoms with Crippen molar-refractivity contribution in [2.75, 3.05) is 0 Å². The molecule has 0 aliphatic heterocycles. The fourth-order valence-electron chi connectivity index (χ4n) is 4.60. The zero-order valence-electron chi connectivity index (χ0n) is 16.6. The molecule has 3 aromatic carbocycles. The maximum absolute atomic E-state index is 9.55. The average molecular weight is 393 g/mol. The standard InChI is InChI=1S/C26H23N3O/c30-28-25-18-10-17-24-23(25)19-29(27-24)26(20-11-4-1-5-12-20,21-13-6-2-7-14-21)22-15-8-3-9-16-22/h1-9,11-16,19,30H,10,17-18H2. The van der Waals surface area contributed by atoms with Gasteiger partial charge < -0.3 is 5.21 Å². The topological polar surface area (TPSA) is 50.4 Å². The SMILES string of the molecule is ON=C1CCCc2nn(C(c3ccccc3)(c3ccccc3)c3ccccc3)cc21. The average Bonchev–Trinajstić information content (AvgIpc) is 3.26. The summed E-state index contributed by atoms with van der Waals surface area (Å²) in [4.78, 5) is 0. The molecule has 0 spiro atoms. The van der Waals surface area contributed by atoms with Crippen LogP contribution in [-0.4, -0.2) is 20.7 Å². The Hall–Kier alpha value is -3.66. The van der Waals surface area contributed by atoms with Gasteiger partial charge in [-0.3, -0.25) is 4.68 Å². The molecule has 4 heteroatoms. The number of rotatable bonds is 4. The maximum Gasteiger partial charge on any atom is 0.138 e. The molecule has 148 valence electrons. The van der Waals surface area contributed by atoms with E-state index in [2.05, 4.69) is 88.8 Å². The Kier molecular flexibility index (Phi) is 4.68. The van der Waals surface area contributed by atoms with E-state index in [0.717, 1.165) is 47.2 Å². The molecule has 0 radical (unpaired) electrons. The normalized spacial score (nSPS) is 15.1. The van der Waals surface area contributed by atoms with Crippen molar-refractivity contribution in [3.05, 3.63) is 125 Å². The Morgan fingerprint density at radius 1 is 0.733 bits per heavy atom. The van der Waals surface area contributed by atoms with Crippen molar-refractivity contribution in [1.82, 2.24) is 9.78 Å². The van der Waals surface area contributed by atoms with Crippen LogP contribution in [0.5, 0.6) is 0 Å². The van der Waals surface area contributed by atoms with Crippen molar-refractivity contribution in [3.63, 3.8) is 0 Å². The third-order valence-electron chi connectivity index (χ3n) is 5.97. The van der Waals surface area contributed by atoms with Crippen LogP contribution in [0, 0.1) is 0 Å². The highest BCUT2D eigenvalue weighted by Crippen LogP contribution is 2.41. The molecule has 1 heterocycles. The van der Waals surface area contributed by atoms with Gasteiger partial charge in [-0.1, -0.05) is 96.2 Å². The molecule has 4 nitrogen and oxygen atoms in total. The lowest BCUT2D eigenvalue weighted by atomic mass is 9.77. The summed E-state index contributed by atoms with van der Waals surface area (Å²) >= 11 is 0. The van der Waals surface area contributed by atoms with Crippen molar-refractivity contribution in [1.29, 1.82) is 0 Å². The molecule has 0 saturated heterocycles. The molecule has 0 saturated carbocycles. The minimum absolute atomic E-state index is 0.637. The van der Waals surface area contributed by atoms with Crippen molar-refractivity contribution in [2.45, 2.75) is 24.8 Å². The molecule has 0 unspecified atom stereocenters. The van der Waals surface area contributed by atoms with Gasteiger partial charge in [-0.25, -0.2) is 0 Å². The highest BCUT2D eigenvalue weighted by atomic mass is 16.4. The van der Waals surface area contributed by atoms with E-state index in [1.165, 1.54) is 0 Å². The van der Waals surface area contributed by atoms with Gasteiger partial charge in [0, 0.05) is 11.8 Å². The Labute approximate surface area is 176 Å². The van der Waals surface area contributed by atoms with Crippen LogP contribution in [0.2, 0.25) is 0 Å². The third-order valence-corrected chi connectivity index (χ3v) is 5.97. The predicted octanol–water partition coefficient (Wildman–Crippen LogP) is 5.24.